The Kier molecular flexibility index (Phi) is 3.68. The summed E-state index contributed by atoms with van der Waals surface area (Å²) in [6, 6.07) is 12.0. The monoisotopic (exact) mass is 302 g/mol. The van der Waals surface area contributed by atoms with E-state index in [0.29, 0.717) is 5.75 Å². The molecule has 0 saturated carbocycles. The Morgan fingerprint density at radius 1 is 1.24 bits per heavy atom. The topological polar surface area (TPSA) is 35.5 Å². The fourth-order valence-electron chi connectivity index (χ4n) is 2.95. The number of benzene rings is 2. The van der Waals surface area contributed by atoms with E-state index in [1.165, 1.54) is 5.56 Å². The van der Waals surface area contributed by atoms with E-state index in [2.05, 4.69) is 11.4 Å². The van der Waals surface area contributed by atoms with Crippen molar-refractivity contribution in [3.8, 4) is 5.75 Å². The molecule has 0 amide bonds. The fourth-order valence-corrected chi connectivity index (χ4v) is 3.30. The van der Waals surface area contributed by atoms with Crippen LogP contribution in [0.3, 0.4) is 0 Å². The average Bonchev–Trinajstić information content (AvgIpc) is 2.83. The van der Waals surface area contributed by atoms with Crippen LogP contribution in [0.2, 0.25) is 5.02 Å². The highest BCUT2D eigenvalue weighted by Crippen LogP contribution is 2.39. The minimum absolute atomic E-state index is 0.230. The molecule has 2 aromatic rings. The van der Waals surface area contributed by atoms with Crippen LogP contribution in [0.5, 0.6) is 5.75 Å². The van der Waals surface area contributed by atoms with Crippen LogP contribution >= 0.6 is 11.6 Å². The summed E-state index contributed by atoms with van der Waals surface area (Å²) in [5, 5.41) is 14.2. The third-order valence-electron chi connectivity index (χ3n) is 4.02. The highest BCUT2D eigenvalue weighted by atomic mass is 35.5. The van der Waals surface area contributed by atoms with Gasteiger partial charge in [0.25, 0.3) is 0 Å². The van der Waals surface area contributed by atoms with Crippen LogP contribution in [0, 0.1) is 0 Å². The zero-order valence-corrected chi connectivity index (χ0v) is 13.0. The van der Waals surface area contributed by atoms with Crippen molar-refractivity contribution in [2.75, 3.05) is 24.3 Å². The number of nitrogens with one attached hydrogen (secondary N) is 1. The van der Waals surface area contributed by atoms with Crippen molar-refractivity contribution in [2.45, 2.75) is 18.9 Å². The molecule has 0 radical (unpaired) electrons. The van der Waals surface area contributed by atoms with Gasteiger partial charge >= 0.3 is 0 Å². The van der Waals surface area contributed by atoms with Gasteiger partial charge in [-0.2, -0.15) is 0 Å². The predicted molar refractivity (Wildman–Crippen MR) is 88.6 cm³/mol. The number of rotatable bonds is 3. The predicted octanol–water partition coefficient (Wildman–Crippen LogP) is 4.21. The maximum absolute atomic E-state index is 9.90. The zero-order chi connectivity index (χ0) is 15.0. The third-order valence-corrected chi connectivity index (χ3v) is 4.32. The van der Waals surface area contributed by atoms with Crippen molar-refractivity contribution in [1.29, 1.82) is 0 Å². The molecule has 3 nitrogen and oxygen atoms in total. The van der Waals surface area contributed by atoms with Gasteiger partial charge in [0.1, 0.15) is 5.75 Å². The number of hydrogen-bond acceptors (Lipinski definition) is 3. The fraction of sp³-hybridized carbons (Fsp3) is 0.294. The van der Waals surface area contributed by atoms with E-state index in [9.17, 15) is 5.11 Å². The molecule has 0 spiro atoms. The normalized spacial score (nSPS) is 16.6. The van der Waals surface area contributed by atoms with E-state index in [1.54, 1.807) is 6.07 Å². The molecule has 1 aliphatic carbocycles. The van der Waals surface area contributed by atoms with Gasteiger partial charge in [-0.3, -0.25) is 0 Å². The number of halogens is 1. The SMILES string of the molecule is CN(C)c1ccc(NC2CCc3c(O)cccc32)cc1Cl. The first-order valence-corrected chi connectivity index (χ1v) is 7.48. The highest BCUT2D eigenvalue weighted by molar-refractivity contribution is 6.33. The van der Waals surface area contributed by atoms with Gasteiger partial charge in [0, 0.05) is 19.8 Å². The van der Waals surface area contributed by atoms with Crippen molar-refractivity contribution >= 4 is 23.0 Å². The summed E-state index contributed by atoms with van der Waals surface area (Å²) in [7, 11) is 3.95. The van der Waals surface area contributed by atoms with Gasteiger partial charge in [0.2, 0.25) is 0 Å². The van der Waals surface area contributed by atoms with Gasteiger partial charge in [0.05, 0.1) is 16.8 Å². The van der Waals surface area contributed by atoms with Gasteiger partial charge in [-0.1, -0.05) is 23.7 Å². The van der Waals surface area contributed by atoms with Crippen LogP contribution in [0.15, 0.2) is 36.4 Å². The number of nitrogens with zero attached hydrogens (tertiary/aromatic N) is 1. The number of fused-ring (bicyclic) bond motifs is 1. The summed E-state index contributed by atoms with van der Waals surface area (Å²) >= 11 is 6.31. The molecule has 1 atom stereocenters. The summed E-state index contributed by atoms with van der Waals surface area (Å²) < 4.78 is 0. The second kappa shape index (κ2) is 5.49. The van der Waals surface area contributed by atoms with Crippen molar-refractivity contribution in [2.24, 2.45) is 0 Å². The largest absolute Gasteiger partial charge is 0.508 e. The molecular weight excluding hydrogens is 284 g/mol. The number of hydrogen-bond donors (Lipinski definition) is 2. The smallest absolute Gasteiger partial charge is 0.119 e. The molecule has 0 heterocycles. The van der Waals surface area contributed by atoms with Crippen molar-refractivity contribution in [3.05, 3.63) is 52.5 Å². The first-order valence-electron chi connectivity index (χ1n) is 7.10. The molecule has 2 aromatic carbocycles. The van der Waals surface area contributed by atoms with E-state index in [4.69, 9.17) is 11.6 Å². The summed E-state index contributed by atoms with van der Waals surface area (Å²) in [6.07, 6.45) is 1.89. The van der Waals surface area contributed by atoms with Crippen LogP contribution in [-0.4, -0.2) is 19.2 Å². The van der Waals surface area contributed by atoms with Crippen LogP contribution < -0.4 is 10.2 Å². The van der Waals surface area contributed by atoms with Gasteiger partial charge in [-0.05, 0) is 48.2 Å². The minimum atomic E-state index is 0.230. The van der Waals surface area contributed by atoms with Crippen molar-refractivity contribution in [3.63, 3.8) is 0 Å². The van der Waals surface area contributed by atoms with Crippen LogP contribution in [-0.2, 0) is 6.42 Å². The van der Waals surface area contributed by atoms with E-state index in [0.717, 1.165) is 34.8 Å². The molecule has 0 fully saturated rings. The molecule has 0 bridgehead atoms. The van der Waals surface area contributed by atoms with E-state index >= 15 is 0 Å². The summed E-state index contributed by atoms with van der Waals surface area (Å²) in [4.78, 5) is 2.00. The third kappa shape index (κ3) is 2.66. The molecule has 3 rings (SSSR count). The van der Waals surface area contributed by atoms with Crippen molar-refractivity contribution < 1.29 is 5.11 Å². The molecule has 2 N–H and O–H groups in total. The number of phenols is 1. The zero-order valence-electron chi connectivity index (χ0n) is 12.2. The Bertz CT molecular complexity index is 670. The quantitative estimate of drug-likeness (QED) is 0.891. The van der Waals surface area contributed by atoms with Gasteiger partial charge in [0.15, 0.2) is 0 Å². The summed E-state index contributed by atoms with van der Waals surface area (Å²) in [5.41, 5.74) is 4.26. The second-order valence-corrected chi connectivity index (χ2v) is 6.05. The highest BCUT2D eigenvalue weighted by Gasteiger charge is 2.24. The first kappa shape index (κ1) is 14.1. The molecule has 4 heteroatoms. The van der Waals surface area contributed by atoms with Crippen LogP contribution in [0.4, 0.5) is 11.4 Å². The molecule has 110 valence electrons. The first-order chi connectivity index (χ1) is 10.1. The molecule has 0 aromatic heterocycles. The van der Waals surface area contributed by atoms with E-state index < -0.39 is 0 Å². The van der Waals surface area contributed by atoms with Crippen molar-refractivity contribution in [1.82, 2.24) is 0 Å². The van der Waals surface area contributed by atoms with E-state index in [-0.39, 0.29) is 6.04 Å². The lowest BCUT2D eigenvalue weighted by Gasteiger charge is -2.19. The number of phenolic OH excluding ortho intramolecular Hbond substituents is 1. The Balaban J connectivity index is 1.83. The maximum Gasteiger partial charge on any atom is 0.119 e. The Labute approximate surface area is 130 Å². The summed E-state index contributed by atoms with van der Waals surface area (Å²) in [6.45, 7) is 0. The Morgan fingerprint density at radius 3 is 2.76 bits per heavy atom. The average molecular weight is 303 g/mol. The standard InChI is InChI=1S/C17H19ClN2O/c1-20(2)16-9-6-11(10-14(16)18)19-15-8-7-13-12(15)4-3-5-17(13)21/h3-6,9-10,15,19,21H,7-8H2,1-2H3. The molecule has 1 aliphatic rings. The molecule has 1 unspecified atom stereocenters. The van der Waals surface area contributed by atoms with Gasteiger partial charge in [-0.25, -0.2) is 0 Å². The lowest BCUT2D eigenvalue weighted by Crippen LogP contribution is -2.10. The maximum atomic E-state index is 9.90. The van der Waals surface area contributed by atoms with E-state index in [1.807, 2.05) is 43.3 Å². The lowest BCUT2D eigenvalue weighted by molar-refractivity contribution is 0.469. The number of anilines is 2. The lowest BCUT2D eigenvalue weighted by atomic mass is 10.1. The molecular formula is C17H19ClN2O. The van der Waals surface area contributed by atoms with Crippen LogP contribution in [0.1, 0.15) is 23.6 Å². The molecule has 0 aliphatic heterocycles. The van der Waals surface area contributed by atoms with Gasteiger partial charge in [-0.15, -0.1) is 0 Å². The van der Waals surface area contributed by atoms with Crippen LogP contribution in [0.25, 0.3) is 0 Å². The Hall–Kier alpha value is -1.87. The minimum Gasteiger partial charge on any atom is -0.508 e. The Morgan fingerprint density at radius 2 is 2.05 bits per heavy atom. The number of aromatic hydroxyl groups is 1. The molecule has 21 heavy (non-hydrogen) atoms. The molecule has 0 saturated heterocycles. The second-order valence-electron chi connectivity index (χ2n) is 5.64. The summed E-state index contributed by atoms with van der Waals surface area (Å²) in [5.74, 6) is 0.401. The van der Waals surface area contributed by atoms with Gasteiger partial charge < -0.3 is 15.3 Å².